The van der Waals surface area contributed by atoms with Gasteiger partial charge in [-0.05, 0) is 42.5 Å². The Bertz CT molecular complexity index is 1180. The molecule has 5 rings (SSSR count). The zero-order valence-corrected chi connectivity index (χ0v) is 18.6. The summed E-state index contributed by atoms with van der Waals surface area (Å²) >= 11 is 1.53. The maximum atomic E-state index is 12.6. The Labute approximate surface area is 189 Å². The van der Waals surface area contributed by atoms with Gasteiger partial charge >= 0.3 is 0 Å². The van der Waals surface area contributed by atoms with Crippen LogP contribution in [0.3, 0.4) is 0 Å². The molecule has 9 heteroatoms. The van der Waals surface area contributed by atoms with Crippen LogP contribution in [-0.4, -0.2) is 60.2 Å². The summed E-state index contributed by atoms with van der Waals surface area (Å²) < 4.78 is 11.2. The number of thiophene rings is 1. The molecule has 1 aromatic carbocycles. The number of hydrogen-bond acceptors (Lipinski definition) is 7. The lowest BCUT2D eigenvalue weighted by molar-refractivity contribution is 0.0322. The molecule has 3 aromatic rings. The molecule has 1 amide bonds. The van der Waals surface area contributed by atoms with Crippen LogP contribution in [0.4, 0.5) is 0 Å². The van der Waals surface area contributed by atoms with Crippen LogP contribution >= 0.6 is 11.3 Å². The lowest BCUT2D eigenvalue weighted by Crippen LogP contribution is -2.38. The van der Waals surface area contributed by atoms with Crippen molar-refractivity contribution in [3.05, 3.63) is 56.4 Å². The van der Waals surface area contributed by atoms with E-state index in [1.165, 1.54) is 16.2 Å². The molecule has 0 spiro atoms. The van der Waals surface area contributed by atoms with E-state index < -0.39 is 5.91 Å². The number of nitrogens with zero attached hydrogens (tertiary/aromatic N) is 2. The smallest absolute Gasteiger partial charge is 0.287 e. The standard InChI is InChI=1S/C23H26N4O4S/c28-21-19-17-5-2-6-18(17)32-23(19)26-20(25-21)22(29)24-14-15-3-1-4-16(13-15)31-12-9-27-7-10-30-11-8-27/h1,3-4,13H,2,5-12,14H2,(H,24,29)(H,25,26,28). The first-order valence-electron chi connectivity index (χ1n) is 11.0. The summed E-state index contributed by atoms with van der Waals surface area (Å²) in [5.74, 6) is 0.433. The van der Waals surface area contributed by atoms with Crippen molar-refractivity contribution in [1.82, 2.24) is 20.2 Å². The molecule has 2 aliphatic rings. The van der Waals surface area contributed by atoms with Crippen LogP contribution in [0, 0.1) is 0 Å². The highest BCUT2D eigenvalue weighted by Crippen LogP contribution is 2.34. The van der Waals surface area contributed by atoms with Crippen LogP contribution in [0.1, 0.15) is 33.0 Å². The average Bonchev–Trinajstić information content (AvgIpc) is 3.39. The monoisotopic (exact) mass is 454 g/mol. The highest BCUT2D eigenvalue weighted by molar-refractivity contribution is 7.18. The van der Waals surface area contributed by atoms with E-state index in [4.69, 9.17) is 9.47 Å². The van der Waals surface area contributed by atoms with E-state index in [-0.39, 0.29) is 11.4 Å². The summed E-state index contributed by atoms with van der Waals surface area (Å²) in [7, 11) is 0. The van der Waals surface area contributed by atoms with E-state index in [1.54, 1.807) is 0 Å². The minimum absolute atomic E-state index is 0.0559. The lowest BCUT2D eigenvalue weighted by atomic mass is 10.2. The molecule has 0 unspecified atom stereocenters. The van der Waals surface area contributed by atoms with Crippen LogP contribution in [0.5, 0.6) is 5.75 Å². The predicted octanol–water partition coefficient (Wildman–Crippen LogP) is 2.11. The largest absolute Gasteiger partial charge is 0.492 e. The fraction of sp³-hybridized carbons (Fsp3) is 0.435. The number of nitrogens with one attached hydrogen (secondary N) is 2. The number of amides is 1. The van der Waals surface area contributed by atoms with E-state index >= 15 is 0 Å². The third-order valence-electron chi connectivity index (χ3n) is 5.92. The Morgan fingerprint density at radius 1 is 1.28 bits per heavy atom. The van der Waals surface area contributed by atoms with Crippen LogP contribution in [-0.2, 0) is 24.1 Å². The summed E-state index contributed by atoms with van der Waals surface area (Å²) in [5.41, 5.74) is 1.80. The highest BCUT2D eigenvalue weighted by atomic mass is 32.1. The molecule has 0 atom stereocenters. The molecule has 168 valence electrons. The molecule has 2 aromatic heterocycles. The molecule has 8 nitrogen and oxygen atoms in total. The Kier molecular flexibility index (Phi) is 6.20. The number of aromatic amines is 1. The van der Waals surface area contributed by atoms with Gasteiger partial charge in [0.2, 0.25) is 5.82 Å². The maximum Gasteiger partial charge on any atom is 0.287 e. The Hall–Kier alpha value is -2.75. The fourth-order valence-electron chi connectivity index (χ4n) is 4.24. The Balaban J connectivity index is 1.19. The summed E-state index contributed by atoms with van der Waals surface area (Å²) in [6.45, 7) is 5.21. The van der Waals surface area contributed by atoms with E-state index in [0.717, 1.165) is 69.0 Å². The van der Waals surface area contributed by atoms with E-state index in [2.05, 4.69) is 20.2 Å². The van der Waals surface area contributed by atoms with Crippen LogP contribution in [0.15, 0.2) is 29.1 Å². The molecule has 1 saturated heterocycles. The first-order valence-corrected chi connectivity index (χ1v) is 11.8. The van der Waals surface area contributed by atoms with Gasteiger partial charge in [0.25, 0.3) is 11.5 Å². The number of carbonyl (C=O) groups is 1. The zero-order chi connectivity index (χ0) is 21.9. The van der Waals surface area contributed by atoms with Crippen molar-refractivity contribution in [3.8, 4) is 5.75 Å². The van der Waals surface area contributed by atoms with Crippen molar-refractivity contribution >= 4 is 27.5 Å². The van der Waals surface area contributed by atoms with Gasteiger partial charge in [0.1, 0.15) is 17.2 Å². The fourth-order valence-corrected chi connectivity index (χ4v) is 5.50. The Morgan fingerprint density at radius 2 is 2.16 bits per heavy atom. The summed E-state index contributed by atoms with van der Waals surface area (Å²) in [4.78, 5) is 36.5. The average molecular weight is 455 g/mol. The summed E-state index contributed by atoms with van der Waals surface area (Å²) in [5, 5.41) is 3.50. The molecule has 2 N–H and O–H groups in total. The molecule has 0 radical (unpaired) electrons. The molecular weight excluding hydrogens is 428 g/mol. The molecule has 1 aliphatic carbocycles. The van der Waals surface area contributed by atoms with Crippen molar-refractivity contribution < 1.29 is 14.3 Å². The molecule has 3 heterocycles. The SMILES string of the molecule is O=C(NCc1cccc(OCCN2CCOCC2)c1)c1nc2sc3c(c2c(=O)[nH]1)CCC3. The van der Waals surface area contributed by atoms with E-state index in [0.29, 0.717) is 23.4 Å². The van der Waals surface area contributed by atoms with Crippen LogP contribution < -0.4 is 15.6 Å². The first kappa shape index (κ1) is 21.1. The number of hydrogen-bond donors (Lipinski definition) is 2. The second-order valence-electron chi connectivity index (χ2n) is 8.08. The number of ether oxygens (including phenoxy) is 2. The Morgan fingerprint density at radius 3 is 3.03 bits per heavy atom. The van der Waals surface area contributed by atoms with Gasteiger partial charge in [-0.25, -0.2) is 4.98 Å². The highest BCUT2D eigenvalue weighted by Gasteiger charge is 2.22. The summed E-state index contributed by atoms with van der Waals surface area (Å²) in [6, 6.07) is 7.67. The number of aromatic nitrogens is 2. The molecule has 1 fully saturated rings. The molecule has 32 heavy (non-hydrogen) atoms. The van der Waals surface area contributed by atoms with Crippen molar-refractivity contribution in [2.24, 2.45) is 0 Å². The number of fused-ring (bicyclic) bond motifs is 3. The van der Waals surface area contributed by atoms with Crippen LogP contribution in [0.25, 0.3) is 10.2 Å². The minimum Gasteiger partial charge on any atom is -0.492 e. The summed E-state index contributed by atoms with van der Waals surface area (Å²) in [6.07, 6.45) is 2.98. The third-order valence-corrected chi connectivity index (χ3v) is 7.11. The van der Waals surface area contributed by atoms with Crippen molar-refractivity contribution in [1.29, 1.82) is 0 Å². The molecule has 0 saturated carbocycles. The topological polar surface area (TPSA) is 96.5 Å². The van der Waals surface area contributed by atoms with Gasteiger partial charge in [-0.1, -0.05) is 12.1 Å². The van der Waals surface area contributed by atoms with Gasteiger partial charge in [-0.15, -0.1) is 11.3 Å². The first-order chi connectivity index (χ1) is 15.7. The number of H-pyrrole nitrogens is 1. The van der Waals surface area contributed by atoms with Gasteiger partial charge in [-0.3, -0.25) is 14.5 Å². The van der Waals surface area contributed by atoms with Crippen molar-refractivity contribution in [2.45, 2.75) is 25.8 Å². The minimum atomic E-state index is -0.392. The van der Waals surface area contributed by atoms with Gasteiger partial charge in [-0.2, -0.15) is 0 Å². The normalized spacial score (nSPS) is 16.2. The number of benzene rings is 1. The second kappa shape index (κ2) is 9.40. The van der Waals surface area contributed by atoms with Gasteiger partial charge in [0.15, 0.2) is 0 Å². The molecular formula is C23H26N4O4S. The van der Waals surface area contributed by atoms with Crippen LogP contribution in [0.2, 0.25) is 0 Å². The molecule has 0 bridgehead atoms. The second-order valence-corrected chi connectivity index (χ2v) is 9.17. The predicted molar refractivity (Wildman–Crippen MR) is 123 cm³/mol. The lowest BCUT2D eigenvalue weighted by Gasteiger charge is -2.26. The van der Waals surface area contributed by atoms with Gasteiger partial charge in [0, 0.05) is 31.1 Å². The van der Waals surface area contributed by atoms with Gasteiger partial charge < -0.3 is 19.8 Å². The zero-order valence-electron chi connectivity index (χ0n) is 17.8. The quantitative estimate of drug-likeness (QED) is 0.568. The van der Waals surface area contributed by atoms with Crippen molar-refractivity contribution in [2.75, 3.05) is 39.5 Å². The van der Waals surface area contributed by atoms with E-state index in [9.17, 15) is 9.59 Å². The van der Waals surface area contributed by atoms with Crippen molar-refractivity contribution in [3.63, 3.8) is 0 Å². The number of rotatable bonds is 7. The number of carbonyl (C=O) groups excluding carboxylic acids is 1. The van der Waals surface area contributed by atoms with E-state index in [1.807, 2.05) is 24.3 Å². The van der Waals surface area contributed by atoms with Gasteiger partial charge in [0.05, 0.1) is 18.6 Å². The molecule has 1 aliphatic heterocycles. The maximum absolute atomic E-state index is 12.6. The number of morpholine rings is 1. The third kappa shape index (κ3) is 4.55. The number of aryl methyl sites for hydroxylation is 2.